The Hall–Kier alpha value is -0.170. The topological polar surface area (TPSA) is 86.6 Å². The normalized spacial score (nSPS) is 31.8. The Morgan fingerprint density at radius 1 is 1.25 bits per heavy atom. The molecule has 1 aliphatic rings. The van der Waals surface area contributed by atoms with Gasteiger partial charge in [-0.3, -0.25) is 4.55 Å². The fraction of sp³-hybridized carbons (Fsp3) is 1.00. The van der Waals surface area contributed by atoms with Gasteiger partial charge in [0.05, 0.1) is 6.10 Å². The number of hydrogen-bond acceptors (Lipinski definition) is 3. The third-order valence-electron chi connectivity index (χ3n) is 2.03. The minimum atomic E-state index is -4.17. The lowest BCUT2D eigenvalue weighted by Gasteiger charge is -2.26. The van der Waals surface area contributed by atoms with Crippen LogP contribution in [-0.4, -0.2) is 30.2 Å². The Morgan fingerprint density at radius 2 is 1.83 bits per heavy atom. The van der Waals surface area contributed by atoms with Gasteiger partial charge < -0.3 is 5.11 Å². The van der Waals surface area contributed by atoms with Gasteiger partial charge in [-0.05, 0) is 12.8 Å². The zero-order valence-electron chi connectivity index (χ0n) is 6.60. The lowest BCUT2D eigenvalue weighted by atomic mass is 9.93. The summed E-state index contributed by atoms with van der Waals surface area (Å²) < 4.78 is 31.2. The number of aliphatic hydroxyl groups excluding tert-OH is 1. The van der Waals surface area contributed by atoms with E-state index in [0.717, 1.165) is 12.8 Å². The third kappa shape index (κ3) is 3.06. The van der Waals surface area contributed by atoms with Gasteiger partial charge in [0, 0.05) is 6.04 Å². The maximum Gasteiger partial charge on any atom is 0.333 e. The van der Waals surface area contributed by atoms with Crippen LogP contribution in [0.2, 0.25) is 0 Å². The molecule has 0 heterocycles. The van der Waals surface area contributed by atoms with Gasteiger partial charge in [0.15, 0.2) is 0 Å². The van der Waals surface area contributed by atoms with E-state index in [4.69, 9.17) is 4.55 Å². The van der Waals surface area contributed by atoms with Crippen LogP contribution in [0, 0.1) is 0 Å². The van der Waals surface area contributed by atoms with E-state index in [9.17, 15) is 13.5 Å². The van der Waals surface area contributed by atoms with E-state index in [2.05, 4.69) is 0 Å². The highest BCUT2D eigenvalue weighted by molar-refractivity contribution is 7.83. The predicted molar refractivity (Wildman–Crippen MR) is 42.9 cm³/mol. The summed E-state index contributed by atoms with van der Waals surface area (Å²) in [6.45, 7) is 0. The van der Waals surface area contributed by atoms with E-state index in [1.165, 1.54) is 0 Å². The fourth-order valence-electron chi connectivity index (χ4n) is 1.44. The van der Waals surface area contributed by atoms with Gasteiger partial charge in [-0.15, -0.1) is 0 Å². The predicted octanol–water partition coefficient (Wildman–Crippen LogP) is -0.318. The summed E-state index contributed by atoms with van der Waals surface area (Å²) in [5.74, 6) is 0. The van der Waals surface area contributed by atoms with Crippen molar-refractivity contribution in [1.82, 2.24) is 4.72 Å². The van der Waals surface area contributed by atoms with E-state index in [-0.39, 0.29) is 0 Å². The molecular formula is C6H13NO4S. The second-order valence-electron chi connectivity index (χ2n) is 3.05. The molecule has 0 aliphatic heterocycles. The van der Waals surface area contributed by atoms with Crippen molar-refractivity contribution in [1.29, 1.82) is 0 Å². The van der Waals surface area contributed by atoms with Crippen LogP contribution in [-0.2, 0) is 10.3 Å². The van der Waals surface area contributed by atoms with E-state index >= 15 is 0 Å². The van der Waals surface area contributed by atoms with E-state index in [1.54, 1.807) is 0 Å². The standard InChI is InChI=1S/C6H13NO4S/c8-6-4-2-1-3-5(6)7-12(9,10)11/h5-8H,1-4H2,(H,9,10,11)/t5-,6+/m0/s1. The minimum Gasteiger partial charge on any atom is -0.391 e. The molecule has 1 saturated carbocycles. The average Bonchev–Trinajstić information content (AvgIpc) is 1.91. The molecule has 0 saturated heterocycles. The van der Waals surface area contributed by atoms with Crippen molar-refractivity contribution in [2.24, 2.45) is 0 Å². The molecule has 0 radical (unpaired) electrons. The smallest absolute Gasteiger partial charge is 0.333 e. The minimum absolute atomic E-state index is 0.520. The Labute approximate surface area is 71.7 Å². The van der Waals surface area contributed by atoms with Crippen LogP contribution in [0.15, 0.2) is 0 Å². The summed E-state index contributed by atoms with van der Waals surface area (Å²) in [5, 5.41) is 9.29. The molecular weight excluding hydrogens is 182 g/mol. The summed E-state index contributed by atoms with van der Waals surface area (Å²) in [4.78, 5) is 0. The molecule has 3 N–H and O–H groups in total. The molecule has 12 heavy (non-hydrogen) atoms. The van der Waals surface area contributed by atoms with Gasteiger partial charge in [-0.25, -0.2) is 0 Å². The summed E-state index contributed by atoms with van der Waals surface area (Å²) in [6, 6.07) is -0.520. The monoisotopic (exact) mass is 195 g/mol. The number of aliphatic hydroxyl groups is 1. The molecule has 0 aromatic heterocycles. The van der Waals surface area contributed by atoms with E-state index in [1.807, 2.05) is 4.72 Å². The van der Waals surface area contributed by atoms with Crippen LogP contribution >= 0.6 is 0 Å². The lowest BCUT2D eigenvalue weighted by Crippen LogP contribution is -2.44. The van der Waals surface area contributed by atoms with Gasteiger partial charge in [0.25, 0.3) is 0 Å². The molecule has 0 aromatic carbocycles. The Balaban J connectivity index is 2.50. The summed E-state index contributed by atoms with van der Waals surface area (Å²) in [5.41, 5.74) is 0. The first kappa shape index (κ1) is 9.91. The molecule has 0 aromatic rings. The van der Waals surface area contributed by atoms with Crippen LogP contribution < -0.4 is 4.72 Å². The number of rotatable bonds is 2. The molecule has 2 atom stereocenters. The second kappa shape index (κ2) is 3.69. The Bertz CT molecular complexity index is 238. The first-order chi connectivity index (χ1) is 5.49. The zero-order valence-corrected chi connectivity index (χ0v) is 7.42. The highest BCUT2D eigenvalue weighted by Crippen LogP contribution is 2.18. The molecule has 1 fully saturated rings. The molecule has 0 amide bonds. The molecule has 0 unspecified atom stereocenters. The first-order valence-corrected chi connectivity index (χ1v) is 5.36. The molecule has 1 rings (SSSR count). The summed E-state index contributed by atoms with van der Waals surface area (Å²) >= 11 is 0. The molecule has 72 valence electrons. The van der Waals surface area contributed by atoms with Gasteiger partial charge in [-0.1, -0.05) is 12.8 Å². The van der Waals surface area contributed by atoms with Crippen molar-refractivity contribution in [2.45, 2.75) is 37.8 Å². The Kier molecular flexibility index (Phi) is 3.05. The summed E-state index contributed by atoms with van der Waals surface area (Å²) in [7, 11) is -4.17. The van der Waals surface area contributed by atoms with Crippen LogP contribution in [0.1, 0.15) is 25.7 Å². The highest BCUT2D eigenvalue weighted by Gasteiger charge is 2.25. The second-order valence-corrected chi connectivity index (χ2v) is 4.24. The first-order valence-electron chi connectivity index (χ1n) is 3.92. The molecule has 0 bridgehead atoms. The van der Waals surface area contributed by atoms with Gasteiger partial charge in [0.2, 0.25) is 0 Å². The fourth-order valence-corrected chi connectivity index (χ4v) is 2.10. The van der Waals surface area contributed by atoms with Crippen molar-refractivity contribution in [3.8, 4) is 0 Å². The van der Waals surface area contributed by atoms with Crippen molar-refractivity contribution < 1.29 is 18.1 Å². The van der Waals surface area contributed by atoms with Gasteiger partial charge >= 0.3 is 10.3 Å². The summed E-state index contributed by atoms with van der Waals surface area (Å²) in [6.07, 6.45) is 2.30. The highest BCUT2D eigenvalue weighted by atomic mass is 32.2. The van der Waals surface area contributed by atoms with Crippen molar-refractivity contribution in [2.75, 3.05) is 0 Å². The number of nitrogens with one attached hydrogen (secondary N) is 1. The van der Waals surface area contributed by atoms with Gasteiger partial charge in [0.1, 0.15) is 0 Å². The van der Waals surface area contributed by atoms with Crippen LogP contribution in [0.4, 0.5) is 0 Å². The van der Waals surface area contributed by atoms with Crippen LogP contribution in [0.25, 0.3) is 0 Å². The van der Waals surface area contributed by atoms with Gasteiger partial charge in [-0.2, -0.15) is 13.1 Å². The molecule has 5 nitrogen and oxygen atoms in total. The Morgan fingerprint density at radius 3 is 2.33 bits per heavy atom. The molecule has 0 spiro atoms. The maximum absolute atomic E-state index is 10.4. The largest absolute Gasteiger partial charge is 0.391 e. The van der Waals surface area contributed by atoms with E-state index < -0.39 is 22.4 Å². The maximum atomic E-state index is 10.4. The SMILES string of the molecule is O=S(=O)(O)N[C@H]1CCCC[C@H]1O. The van der Waals surface area contributed by atoms with Crippen molar-refractivity contribution >= 4 is 10.3 Å². The lowest BCUT2D eigenvalue weighted by molar-refractivity contribution is 0.0999. The molecule has 6 heteroatoms. The van der Waals surface area contributed by atoms with Crippen molar-refractivity contribution in [3.05, 3.63) is 0 Å². The molecule has 1 aliphatic carbocycles. The third-order valence-corrected chi connectivity index (χ3v) is 2.63. The quantitative estimate of drug-likeness (QED) is 0.527. The van der Waals surface area contributed by atoms with Crippen molar-refractivity contribution in [3.63, 3.8) is 0 Å². The average molecular weight is 195 g/mol. The number of hydrogen-bond donors (Lipinski definition) is 3. The van der Waals surface area contributed by atoms with Crippen LogP contribution in [0.5, 0.6) is 0 Å². The van der Waals surface area contributed by atoms with E-state index in [0.29, 0.717) is 12.8 Å². The zero-order chi connectivity index (χ0) is 9.19. The van der Waals surface area contributed by atoms with Crippen LogP contribution in [0.3, 0.4) is 0 Å².